The van der Waals surface area contributed by atoms with Gasteiger partial charge in [-0.25, -0.2) is 4.79 Å². The Labute approximate surface area is 113 Å². The third-order valence-corrected chi connectivity index (χ3v) is 3.12. The van der Waals surface area contributed by atoms with Gasteiger partial charge in [0.1, 0.15) is 0 Å². The molecule has 0 saturated carbocycles. The molecule has 0 aromatic heterocycles. The zero-order valence-corrected chi connectivity index (χ0v) is 10.8. The van der Waals surface area contributed by atoms with E-state index in [0.29, 0.717) is 12.0 Å². The molecular formula is C17H16O2. The Morgan fingerprint density at radius 1 is 0.947 bits per heavy atom. The van der Waals surface area contributed by atoms with Gasteiger partial charge in [0.15, 0.2) is 0 Å². The van der Waals surface area contributed by atoms with Crippen molar-refractivity contribution in [1.82, 2.24) is 0 Å². The quantitative estimate of drug-likeness (QED) is 0.841. The Kier molecular flexibility index (Phi) is 4.14. The van der Waals surface area contributed by atoms with E-state index in [0.717, 1.165) is 16.7 Å². The highest BCUT2D eigenvalue weighted by Gasteiger charge is 2.11. The first-order chi connectivity index (χ1) is 9.18. The smallest absolute Gasteiger partial charge is 0.331 e. The molecule has 2 rings (SSSR count). The van der Waals surface area contributed by atoms with Crippen molar-refractivity contribution >= 4 is 11.5 Å². The van der Waals surface area contributed by atoms with Gasteiger partial charge in [-0.3, -0.25) is 0 Å². The Morgan fingerprint density at radius 3 is 2.00 bits per heavy atom. The predicted molar refractivity (Wildman–Crippen MR) is 76.8 cm³/mol. The van der Waals surface area contributed by atoms with Crippen molar-refractivity contribution in [3.05, 3.63) is 77.4 Å². The Bertz CT molecular complexity index is 583. The third kappa shape index (κ3) is 3.32. The zero-order chi connectivity index (χ0) is 13.7. The molecule has 0 amide bonds. The van der Waals surface area contributed by atoms with Crippen molar-refractivity contribution < 1.29 is 9.90 Å². The molecule has 0 spiro atoms. The van der Waals surface area contributed by atoms with Crippen molar-refractivity contribution in [3.8, 4) is 0 Å². The number of aliphatic carboxylic acids is 1. The van der Waals surface area contributed by atoms with Crippen LogP contribution in [-0.2, 0) is 11.2 Å². The maximum Gasteiger partial charge on any atom is 0.331 e. The summed E-state index contributed by atoms with van der Waals surface area (Å²) in [5, 5.41) is 9.23. The summed E-state index contributed by atoms with van der Waals surface area (Å²) in [6.45, 7) is 1.66. The molecule has 0 aliphatic carbocycles. The van der Waals surface area contributed by atoms with E-state index in [2.05, 4.69) is 0 Å². The van der Waals surface area contributed by atoms with Gasteiger partial charge in [0.2, 0.25) is 0 Å². The fraction of sp³-hybridized carbons (Fsp3) is 0.118. The lowest BCUT2D eigenvalue weighted by atomic mass is 9.94. The topological polar surface area (TPSA) is 37.3 Å². The fourth-order valence-electron chi connectivity index (χ4n) is 2.02. The second-order valence-corrected chi connectivity index (χ2v) is 4.44. The lowest BCUT2D eigenvalue weighted by Gasteiger charge is -2.11. The van der Waals surface area contributed by atoms with Crippen molar-refractivity contribution in [1.29, 1.82) is 0 Å². The van der Waals surface area contributed by atoms with Crippen LogP contribution in [0.5, 0.6) is 0 Å². The van der Waals surface area contributed by atoms with Gasteiger partial charge in [0.25, 0.3) is 0 Å². The van der Waals surface area contributed by atoms with Gasteiger partial charge in [-0.05, 0) is 30.0 Å². The number of carboxylic acid groups (broad SMARTS) is 1. The second kappa shape index (κ2) is 6.01. The van der Waals surface area contributed by atoms with Crippen LogP contribution in [0.1, 0.15) is 18.1 Å². The zero-order valence-electron chi connectivity index (χ0n) is 10.8. The van der Waals surface area contributed by atoms with Crippen LogP contribution in [0.25, 0.3) is 5.57 Å². The molecule has 0 aliphatic heterocycles. The summed E-state index contributed by atoms with van der Waals surface area (Å²) in [5.41, 5.74) is 3.34. The lowest BCUT2D eigenvalue weighted by molar-refractivity contribution is -0.132. The van der Waals surface area contributed by atoms with Gasteiger partial charge in [-0.1, -0.05) is 60.7 Å². The van der Waals surface area contributed by atoms with Gasteiger partial charge in [0.05, 0.1) is 0 Å². The summed E-state index contributed by atoms with van der Waals surface area (Å²) in [7, 11) is 0. The molecule has 0 bridgehead atoms. The molecule has 96 valence electrons. The summed E-state index contributed by atoms with van der Waals surface area (Å²) in [6, 6.07) is 19.6. The predicted octanol–water partition coefficient (Wildman–Crippen LogP) is 3.79. The van der Waals surface area contributed by atoms with Crippen LogP contribution in [0, 0.1) is 0 Å². The summed E-state index contributed by atoms with van der Waals surface area (Å²) in [6.07, 6.45) is 0.628. The minimum atomic E-state index is -0.866. The number of carboxylic acids is 1. The number of hydrogen-bond acceptors (Lipinski definition) is 1. The molecule has 0 atom stereocenters. The van der Waals surface area contributed by atoms with E-state index in [9.17, 15) is 9.90 Å². The van der Waals surface area contributed by atoms with E-state index in [1.165, 1.54) is 0 Å². The average Bonchev–Trinajstić information content (AvgIpc) is 2.46. The van der Waals surface area contributed by atoms with E-state index >= 15 is 0 Å². The number of hydrogen-bond donors (Lipinski definition) is 1. The molecule has 2 heteroatoms. The molecule has 0 saturated heterocycles. The van der Waals surface area contributed by atoms with Crippen molar-refractivity contribution in [3.63, 3.8) is 0 Å². The normalized spacial score (nSPS) is 11.8. The lowest BCUT2D eigenvalue weighted by Crippen LogP contribution is -2.03. The van der Waals surface area contributed by atoms with Crippen LogP contribution in [0.15, 0.2) is 66.2 Å². The minimum Gasteiger partial charge on any atom is -0.478 e. The highest BCUT2D eigenvalue weighted by molar-refractivity contribution is 5.96. The third-order valence-electron chi connectivity index (χ3n) is 3.12. The molecule has 0 heterocycles. The molecule has 0 fully saturated rings. The van der Waals surface area contributed by atoms with Crippen LogP contribution >= 0.6 is 0 Å². The van der Waals surface area contributed by atoms with E-state index in [1.54, 1.807) is 6.92 Å². The van der Waals surface area contributed by atoms with Crippen LogP contribution in [0.3, 0.4) is 0 Å². The van der Waals surface area contributed by atoms with Crippen LogP contribution < -0.4 is 0 Å². The average molecular weight is 252 g/mol. The number of benzene rings is 2. The molecule has 0 aliphatic rings. The molecule has 1 N–H and O–H groups in total. The second-order valence-electron chi connectivity index (χ2n) is 4.44. The van der Waals surface area contributed by atoms with Crippen molar-refractivity contribution in [2.24, 2.45) is 0 Å². The standard InChI is InChI=1S/C17H16O2/c1-13(17(18)19)16(15-10-6-3-7-11-15)12-14-8-4-2-5-9-14/h2-11H,12H2,1H3,(H,18,19)/b16-13+. The molecule has 2 aromatic carbocycles. The number of allylic oxidation sites excluding steroid dienone is 1. The summed E-state index contributed by atoms with van der Waals surface area (Å²) in [4.78, 5) is 11.2. The molecule has 2 aromatic rings. The minimum absolute atomic E-state index is 0.398. The van der Waals surface area contributed by atoms with Gasteiger partial charge in [0, 0.05) is 5.57 Å². The van der Waals surface area contributed by atoms with Crippen molar-refractivity contribution in [2.45, 2.75) is 13.3 Å². The maximum atomic E-state index is 11.2. The summed E-state index contributed by atoms with van der Waals surface area (Å²) < 4.78 is 0. The van der Waals surface area contributed by atoms with E-state index in [1.807, 2.05) is 60.7 Å². The maximum absolute atomic E-state index is 11.2. The Balaban J connectivity index is 2.42. The van der Waals surface area contributed by atoms with Crippen molar-refractivity contribution in [2.75, 3.05) is 0 Å². The van der Waals surface area contributed by atoms with Crippen LogP contribution in [0.4, 0.5) is 0 Å². The summed E-state index contributed by atoms with van der Waals surface area (Å²) >= 11 is 0. The molecule has 2 nitrogen and oxygen atoms in total. The van der Waals surface area contributed by atoms with Gasteiger partial charge in [-0.15, -0.1) is 0 Å². The van der Waals surface area contributed by atoms with Gasteiger partial charge >= 0.3 is 5.97 Å². The monoisotopic (exact) mass is 252 g/mol. The molecule has 0 unspecified atom stereocenters. The first-order valence-corrected chi connectivity index (χ1v) is 6.21. The van der Waals surface area contributed by atoms with Gasteiger partial charge in [-0.2, -0.15) is 0 Å². The molecular weight excluding hydrogens is 236 g/mol. The first kappa shape index (κ1) is 13.1. The Hall–Kier alpha value is -2.35. The molecule has 0 radical (unpaired) electrons. The van der Waals surface area contributed by atoms with E-state index in [-0.39, 0.29) is 0 Å². The van der Waals surface area contributed by atoms with Crippen LogP contribution in [-0.4, -0.2) is 11.1 Å². The Morgan fingerprint density at radius 2 is 1.47 bits per heavy atom. The van der Waals surface area contributed by atoms with Gasteiger partial charge < -0.3 is 5.11 Å². The highest BCUT2D eigenvalue weighted by Crippen LogP contribution is 2.23. The summed E-state index contributed by atoms with van der Waals surface area (Å²) in [5.74, 6) is -0.866. The number of rotatable bonds is 4. The van der Waals surface area contributed by atoms with Crippen LogP contribution in [0.2, 0.25) is 0 Å². The first-order valence-electron chi connectivity index (χ1n) is 6.21. The van der Waals surface area contributed by atoms with E-state index < -0.39 is 5.97 Å². The SMILES string of the molecule is C/C(C(=O)O)=C(/Cc1ccccc1)c1ccccc1. The largest absolute Gasteiger partial charge is 0.478 e. The fourth-order valence-corrected chi connectivity index (χ4v) is 2.02. The highest BCUT2D eigenvalue weighted by atomic mass is 16.4. The number of carbonyl (C=O) groups is 1. The van der Waals surface area contributed by atoms with E-state index in [4.69, 9.17) is 0 Å². The molecule has 19 heavy (non-hydrogen) atoms.